The maximum Gasteiger partial charge on any atom is 0.328 e. The Morgan fingerprint density at radius 2 is 1.77 bits per heavy atom. The molecule has 1 heterocycles. The number of nitrogens with zero attached hydrogens (tertiary/aromatic N) is 2. The van der Waals surface area contributed by atoms with Crippen LogP contribution in [0.5, 0.6) is 0 Å². The first-order valence-electron chi connectivity index (χ1n) is 13.9. The summed E-state index contributed by atoms with van der Waals surface area (Å²) in [6, 6.07) is 24.6. The minimum absolute atomic E-state index is 0.0477. The van der Waals surface area contributed by atoms with Gasteiger partial charge in [-0.3, -0.25) is 0 Å². The van der Waals surface area contributed by atoms with E-state index in [0.29, 0.717) is 6.04 Å². The Balaban J connectivity index is 1.55. The van der Waals surface area contributed by atoms with Crippen LogP contribution in [0.1, 0.15) is 79.0 Å². The van der Waals surface area contributed by atoms with Gasteiger partial charge < -0.3 is 15.4 Å². The number of hydrogen-bond donors (Lipinski definition) is 2. The lowest BCUT2D eigenvalue weighted by atomic mass is 9.83. The SMILES string of the molecule is C/C=C(\C=N/NCC)c1ccc2c(c1)C[C@@H](C)N(c1ccc(C3CC3)cc1)[C@@H]2c1ccc(/C=C/C(=O)O)cc1. The van der Waals surface area contributed by atoms with Crippen LogP contribution in [0.2, 0.25) is 0 Å². The summed E-state index contributed by atoms with van der Waals surface area (Å²) in [5.74, 6) is -0.210. The summed E-state index contributed by atoms with van der Waals surface area (Å²) in [6.45, 7) is 7.18. The highest BCUT2D eigenvalue weighted by atomic mass is 16.4. The van der Waals surface area contributed by atoms with Crippen molar-refractivity contribution in [2.45, 2.75) is 58.0 Å². The lowest BCUT2D eigenvalue weighted by Crippen LogP contribution is -2.43. The number of rotatable bonds is 9. The fraction of sp³-hybridized carbons (Fsp3) is 0.294. The van der Waals surface area contributed by atoms with Crippen LogP contribution in [-0.4, -0.2) is 29.9 Å². The summed E-state index contributed by atoms with van der Waals surface area (Å²) >= 11 is 0. The first-order valence-corrected chi connectivity index (χ1v) is 13.9. The average molecular weight is 520 g/mol. The highest BCUT2D eigenvalue weighted by Gasteiger charge is 2.34. The monoisotopic (exact) mass is 519 g/mol. The molecule has 3 aromatic carbocycles. The third-order valence-electron chi connectivity index (χ3n) is 7.71. The van der Waals surface area contributed by atoms with Crippen LogP contribution in [-0.2, 0) is 11.2 Å². The molecule has 0 radical (unpaired) electrons. The molecule has 1 aliphatic carbocycles. The summed E-state index contributed by atoms with van der Waals surface area (Å²) in [6.07, 6.45) is 10.4. The van der Waals surface area contributed by atoms with E-state index in [1.54, 1.807) is 6.08 Å². The second-order valence-corrected chi connectivity index (χ2v) is 10.5. The van der Waals surface area contributed by atoms with Gasteiger partial charge in [0.25, 0.3) is 0 Å². The first-order chi connectivity index (χ1) is 19.0. The van der Waals surface area contributed by atoms with Gasteiger partial charge in [-0.05, 0) is 103 Å². The van der Waals surface area contributed by atoms with Crippen molar-refractivity contribution in [1.29, 1.82) is 0 Å². The maximum atomic E-state index is 11.0. The summed E-state index contributed by atoms with van der Waals surface area (Å²) < 4.78 is 0. The standard InChI is InChI=1S/C34H37N3O2/c1-4-25(22-36-35-5-2)29-15-18-32-30(21-29)20-23(3)37(31-16-13-27(14-17-31)26-11-12-26)34(32)28-9-6-24(7-10-28)8-19-33(38)39/h4,6-10,13-19,21-23,26,34-35H,5,11-12,20H2,1-3H3,(H,38,39)/b19-8+,25-4+,36-22-/t23-,34-/m1/s1. The minimum atomic E-state index is -0.943. The molecule has 0 amide bonds. The van der Waals surface area contributed by atoms with Crippen molar-refractivity contribution < 1.29 is 9.90 Å². The van der Waals surface area contributed by atoms with Gasteiger partial charge in [0.1, 0.15) is 0 Å². The molecular formula is C34H37N3O2. The van der Waals surface area contributed by atoms with Gasteiger partial charge in [-0.25, -0.2) is 4.79 Å². The second kappa shape index (κ2) is 11.7. The summed E-state index contributed by atoms with van der Waals surface area (Å²) in [7, 11) is 0. The molecule has 2 atom stereocenters. The Morgan fingerprint density at radius 1 is 1.05 bits per heavy atom. The Labute approximate surface area is 231 Å². The predicted octanol–water partition coefficient (Wildman–Crippen LogP) is 7.20. The van der Waals surface area contributed by atoms with Gasteiger partial charge in [-0.1, -0.05) is 60.7 Å². The van der Waals surface area contributed by atoms with Crippen molar-refractivity contribution in [2.24, 2.45) is 5.10 Å². The smallest absolute Gasteiger partial charge is 0.328 e. The number of benzene rings is 3. The van der Waals surface area contributed by atoms with Crippen molar-refractivity contribution in [3.63, 3.8) is 0 Å². The minimum Gasteiger partial charge on any atom is -0.478 e. The number of carboxylic acids is 1. The maximum absolute atomic E-state index is 11.0. The molecule has 3 aromatic rings. The Bertz CT molecular complexity index is 1400. The lowest BCUT2D eigenvalue weighted by molar-refractivity contribution is -0.131. The molecule has 200 valence electrons. The summed E-state index contributed by atoms with van der Waals surface area (Å²) in [5.41, 5.74) is 12.7. The third kappa shape index (κ3) is 5.98. The van der Waals surface area contributed by atoms with Crippen molar-refractivity contribution >= 4 is 29.5 Å². The Kier molecular flexibility index (Phi) is 7.97. The highest BCUT2D eigenvalue weighted by molar-refractivity contribution is 6.09. The van der Waals surface area contributed by atoms with Crippen LogP contribution in [0.4, 0.5) is 5.69 Å². The van der Waals surface area contributed by atoms with E-state index in [1.807, 2.05) is 32.2 Å². The number of allylic oxidation sites excluding steroid dienone is 2. The number of anilines is 1. The lowest BCUT2D eigenvalue weighted by Gasteiger charge is -2.44. The zero-order valence-corrected chi connectivity index (χ0v) is 23.0. The fourth-order valence-electron chi connectivity index (χ4n) is 5.61. The summed E-state index contributed by atoms with van der Waals surface area (Å²) in [4.78, 5) is 13.5. The molecule has 5 rings (SSSR count). The Hall–Kier alpha value is -4.12. The molecule has 39 heavy (non-hydrogen) atoms. The van der Waals surface area contributed by atoms with Crippen LogP contribution in [0.25, 0.3) is 11.6 Å². The molecular weight excluding hydrogens is 482 g/mol. The molecule has 0 spiro atoms. The van der Waals surface area contributed by atoms with Crippen LogP contribution in [0.15, 0.2) is 84.0 Å². The van der Waals surface area contributed by atoms with Crippen LogP contribution >= 0.6 is 0 Å². The van der Waals surface area contributed by atoms with Gasteiger partial charge in [0, 0.05) is 24.4 Å². The number of fused-ring (bicyclic) bond motifs is 1. The van der Waals surface area contributed by atoms with Crippen molar-refractivity contribution in [3.05, 3.63) is 112 Å². The van der Waals surface area contributed by atoms with Gasteiger partial charge >= 0.3 is 5.97 Å². The Morgan fingerprint density at radius 3 is 2.41 bits per heavy atom. The molecule has 2 N–H and O–H groups in total. The van der Waals surface area contributed by atoms with E-state index < -0.39 is 5.97 Å². The molecule has 0 bridgehead atoms. The van der Waals surface area contributed by atoms with Crippen molar-refractivity contribution in [1.82, 2.24) is 5.43 Å². The molecule has 1 aliphatic heterocycles. The molecule has 5 heteroatoms. The molecule has 0 saturated heterocycles. The van der Waals surface area contributed by atoms with E-state index in [9.17, 15) is 4.79 Å². The summed E-state index contributed by atoms with van der Waals surface area (Å²) in [5, 5.41) is 13.4. The quantitative estimate of drug-likeness (QED) is 0.178. The van der Waals surface area contributed by atoms with E-state index >= 15 is 0 Å². The van der Waals surface area contributed by atoms with Crippen LogP contribution < -0.4 is 10.3 Å². The zero-order valence-electron chi connectivity index (χ0n) is 23.0. The molecule has 5 nitrogen and oxygen atoms in total. The molecule has 0 unspecified atom stereocenters. The first kappa shape index (κ1) is 26.5. The topological polar surface area (TPSA) is 64.9 Å². The number of carboxylic acid groups (broad SMARTS) is 1. The van der Waals surface area contributed by atoms with Gasteiger partial charge in [0.15, 0.2) is 0 Å². The van der Waals surface area contributed by atoms with E-state index in [4.69, 9.17) is 5.11 Å². The van der Waals surface area contributed by atoms with Crippen LogP contribution in [0, 0.1) is 0 Å². The highest BCUT2D eigenvalue weighted by Crippen LogP contribution is 2.44. The number of aliphatic carboxylic acids is 1. The van der Waals surface area contributed by atoms with E-state index in [1.165, 1.54) is 52.4 Å². The van der Waals surface area contributed by atoms with Gasteiger partial charge in [0.05, 0.1) is 12.3 Å². The van der Waals surface area contributed by atoms with E-state index in [0.717, 1.165) is 30.0 Å². The van der Waals surface area contributed by atoms with Gasteiger partial charge in [0.2, 0.25) is 0 Å². The van der Waals surface area contributed by atoms with Crippen molar-refractivity contribution in [2.75, 3.05) is 11.4 Å². The van der Waals surface area contributed by atoms with E-state index in [-0.39, 0.29) is 6.04 Å². The number of hydrazone groups is 1. The van der Waals surface area contributed by atoms with Gasteiger partial charge in [-0.15, -0.1) is 0 Å². The fourth-order valence-corrected chi connectivity index (χ4v) is 5.61. The third-order valence-corrected chi connectivity index (χ3v) is 7.71. The molecule has 0 aromatic heterocycles. The second-order valence-electron chi connectivity index (χ2n) is 10.5. The van der Waals surface area contributed by atoms with Crippen molar-refractivity contribution in [3.8, 4) is 0 Å². The zero-order chi connectivity index (χ0) is 27.4. The number of hydrogen-bond acceptors (Lipinski definition) is 4. The van der Waals surface area contributed by atoms with Gasteiger partial charge in [-0.2, -0.15) is 5.10 Å². The average Bonchev–Trinajstić information content (AvgIpc) is 3.80. The molecule has 1 saturated carbocycles. The number of nitrogens with one attached hydrogen (secondary N) is 1. The predicted molar refractivity (Wildman–Crippen MR) is 161 cm³/mol. The molecule has 1 fully saturated rings. The largest absolute Gasteiger partial charge is 0.478 e. The van der Waals surface area contributed by atoms with E-state index in [2.05, 4.69) is 83.0 Å². The van der Waals surface area contributed by atoms with Crippen LogP contribution in [0.3, 0.4) is 0 Å². The number of carbonyl (C=O) groups is 1. The molecule has 2 aliphatic rings. The normalized spacial score (nSPS) is 19.5.